The molecule has 0 N–H and O–H groups in total. The quantitative estimate of drug-likeness (QED) is 0.277. The van der Waals surface area contributed by atoms with E-state index >= 15 is 0 Å². The van der Waals surface area contributed by atoms with E-state index in [9.17, 15) is 19.2 Å². The molecule has 4 rings (SSSR count). The van der Waals surface area contributed by atoms with E-state index in [2.05, 4.69) is 13.8 Å². The summed E-state index contributed by atoms with van der Waals surface area (Å²) in [5, 5.41) is 0. The largest absolute Gasteiger partial charge is 0.497 e. The van der Waals surface area contributed by atoms with Crippen molar-refractivity contribution in [2.75, 3.05) is 14.2 Å². The molecule has 0 aliphatic heterocycles. The van der Waals surface area contributed by atoms with Gasteiger partial charge in [-0.15, -0.1) is 0 Å². The van der Waals surface area contributed by atoms with Crippen LogP contribution in [0.25, 0.3) is 0 Å². The Balaban J connectivity index is 0.000000230. The van der Waals surface area contributed by atoms with Crippen molar-refractivity contribution in [1.29, 1.82) is 0 Å². The highest BCUT2D eigenvalue weighted by molar-refractivity contribution is 5.92. The Kier molecular flexibility index (Phi) is 11.7. The van der Waals surface area contributed by atoms with Crippen LogP contribution in [0.15, 0.2) is 36.4 Å². The molecule has 2 aliphatic rings. The zero-order chi connectivity index (χ0) is 30.9. The fourth-order valence-corrected chi connectivity index (χ4v) is 6.86. The molecule has 0 spiro atoms. The molecule has 42 heavy (non-hydrogen) atoms. The topological polar surface area (TPSA) is 86.7 Å². The number of fused-ring (bicyclic) bond motifs is 2. The number of aryl methyl sites for hydroxylation is 2. The van der Waals surface area contributed by atoms with Crippen molar-refractivity contribution in [2.24, 2.45) is 0 Å². The number of rotatable bonds is 10. The summed E-state index contributed by atoms with van der Waals surface area (Å²) in [6.45, 7) is 7.30. The monoisotopic (exact) mass is 576 g/mol. The number of Topliss-reactive ketones (excluding diaryl/α,β-unsaturated/α-hetero) is 4. The third-order valence-corrected chi connectivity index (χ3v) is 9.44. The summed E-state index contributed by atoms with van der Waals surface area (Å²) >= 11 is 0. The maximum atomic E-state index is 12.8. The van der Waals surface area contributed by atoms with E-state index < -0.39 is 10.8 Å². The molecule has 2 aromatic carbocycles. The summed E-state index contributed by atoms with van der Waals surface area (Å²) in [6.07, 6.45) is 8.42. The second-order valence-electron chi connectivity index (χ2n) is 11.9. The molecule has 6 nitrogen and oxygen atoms in total. The van der Waals surface area contributed by atoms with Crippen LogP contribution in [-0.2, 0) is 42.8 Å². The van der Waals surface area contributed by atoms with E-state index in [1.807, 2.05) is 36.4 Å². The lowest BCUT2D eigenvalue weighted by molar-refractivity contribution is -0.126. The fraction of sp³-hybridized carbons (Fsp3) is 0.556. The van der Waals surface area contributed by atoms with Gasteiger partial charge in [0.05, 0.1) is 25.0 Å². The molecule has 0 radical (unpaired) electrons. The van der Waals surface area contributed by atoms with Crippen molar-refractivity contribution >= 4 is 23.1 Å². The minimum atomic E-state index is -0.496. The summed E-state index contributed by atoms with van der Waals surface area (Å²) in [5.41, 5.74) is 3.62. The molecule has 0 fully saturated rings. The van der Waals surface area contributed by atoms with Crippen molar-refractivity contribution in [3.05, 3.63) is 58.7 Å². The van der Waals surface area contributed by atoms with Gasteiger partial charge in [0.1, 0.15) is 34.6 Å². The predicted octanol–water partition coefficient (Wildman–Crippen LogP) is 7.24. The van der Waals surface area contributed by atoms with E-state index in [0.29, 0.717) is 38.5 Å². The molecule has 6 heteroatoms. The van der Waals surface area contributed by atoms with Gasteiger partial charge in [-0.25, -0.2) is 0 Å². The van der Waals surface area contributed by atoms with Gasteiger partial charge >= 0.3 is 0 Å². The van der Waals surface area contributed by atoms with Gasteiger partial charge in [0.25, 0.3) is 0 Å². The third kappa shape index (κ3) is 7.19. The first kappa shape index (κ1) is 33.2. The van der Waals surface area contributed by atoms with E-state index in [1.165, 1.54) is 11.1 Å². The maximum Gasteiger partial charge on any atom is 0.143 e. The van der Waals surface area contributed by atoms with Crippen LogP contribution in [0.3, 0.4) is 0 Å². The number of benzene rings is 2. The SMILES string of the molecule is CC[C@@]1(CCC(C)=O)C(=O)CCCc2cc(OC)ccc21.CC[C@@]1(CCC(C)=O)C(=O)CCCc2cc(OC)ccc21. The molecular weight excluding hydrogens is 528 g/mol. The first-order valence-corrected chi connectivity index (χ1v) is 15.5. The number of carbonyl (C=O) groups is 4. The van der Waals surface area contributed by atoms with Crippen molar-refractivity contribution in [3.8, 4) is 11.5 Å². The second kappa shape index (κ2) is 14.8. The van der Waals surface area contributed by atoms with Gasteiger partial charge in [-0.2, -0.15) is 0 Å². The molecule has 0 bridgehead atoms. The highest BCUT2D eigenvalue weighted by Gasteiger charge is 2.41. The van der Waals surface area contributed by atoms with E-state index in [1.54, 1.807) is 28.1 Å². The van der Waals surface area contributed by atoms with Crippen LogP contribution in [0.4, 0.5) is 0 Å². The summed E-state index contributed by atoms with van der Waals surface area (Å²) in [5.74, 6) is 2.54. The van der Waals surface area contributed by atoms with Crippen molar-refractivity contribution in [3.63, 3.8) is 0 Å². The Bertz CT molecular complexity index is 1190. The van der Waals surface area contributed by atoms with Crippen LogP contribution < -0.4 is 9.47 Å². The Labute approximate surface area is 251 Å². The number of ether oxygens (including phenoxy) is 2. The summed E-state index contributed by atoms with van der Waals surface area (Å²) in [7, 11) is 3.32. The average molecular weight is 577 g/mol. The Hall–Kier alpha value is -3.28. The first-order valence-electron chi connectivity index (χ1n) is 15.5. The molecule has 0 amide bonds. The lowest BCUT2D eigenvalue weighted by Crippen LogP contribution is -2.35. The number of hydrogen-bond acceptors (Lipinski definition) is 6. The lowest BCUT2D eigenvalue weighted by atomic mass is 9.70. The molecule has 0 saturated carbocycles. The number of carbonyl (C=O) groups excluding carboxylic acids is 4. The molecule has 2 aromatic rings. The van der Waals surface area contributed by atoms with Gasteiger partial charge in [-0.05, 0) is 112 Å². The summed E-state index contributed by atoms with van der Waals surface area (Å²) in [4.78, 5) is 48.3. The van der Waals surface area contributed by atoms with Gasteiger partial charge in [-0.3, -0.25) is 9.59 Å². The lowest BCUT2D eigenvalue weighted by Gasteiger charge is -2.32. The first-order chi connectivity index (χ1) is 20.1. The number of hydrogen-bond donors (Lipinski definition) is 0. The smallest absolute Gasteiger partial charge is 0.143 e. The molecule has 2 aliphatic carbocycles. The molecule has 0 heterocycles. The van der Waals surface area contributed by atoms with Gasteiger partial charge < -0.3 is 19.1 Å². The van der Waals surface area contributed by atoms with Crippen LogP contribution in [0.5, 0.6) is 11.5 Å². The van der Waals surface area contributed by atoms with Gasteiger partial charge in [0, 0.05) is 25.7 Å². The highest BCUT2D eigenvalue weighted by atomic mass is 16.5. The Morgan fingerprint density at radius 1 is 0.667 bits per heavy atom. The minimum Gasteiger partial charge on any atom is -0.497 e. The van der Waals surface area contributed by atoms with Gasteiger partial charge in [0.15, 0.2) is 0 Å². The fourth-order valence-electron chi connectivity index (χ4n) is 6.86. The molecule has 0 saturated heterocycles. The zero-order valence-electron chi connectivity index (χ0n) is 26.4. The minimum absolute atomic E-state index is 0.148. The van der Waals surface area contributed by atoms with Gasteiger partial charge in [0.2, 0.25) is 0 Å². The normalized spacial score (nSPS) is 21.6. The van der Waals surface area contributed by atoms with E-state index in [4.69, 9.17) is 9.47 Å². The van der Waals surface area contributed by atoms with Crippen molar-refractivity contribution in [2.45, 2.75) is 116 Å². The highest BCUT2D eigenvalue weighted by Crippen LogP contribution is 2.42. The molecule has 2 atom stereocenters. The molecule has 0 unspecified atom stereocenters. The molecule has 0 aromatic heterocycles. The summed E-state index contributed by atoms with van der Waals surface area (Å²) in [6, 6.07) is 12.0. The Morgan fingerprint density at radius 2 is 1.05 bits per heavy atom. The molecule has 228 valence electrons. The average Bonchev–Trinajstić information content (AvgIpc) is 3.21. The van der Waals surface area contributed by atoms with Crippen molar-refractivity contribution < 1.29 is 28.7 Å². The third-order valence-electron chi connectivity index (χ3n) is 9.44. The number of ketones is 4. The van der Waals surface area contributed by atoms with Crippen LogP contribution in [0.2, 0.25) is 0 Å². The Morgan fingerprint density at radius 3 is 1.36 bits per heavy atom. The predicted molar refractivity (Wildman–Crippen MR) is 166 cm³/mol. The van der Waals surface area contributed by atoms with Gasteiger partial charge in [-0.1, -0.05) is 26.0 Å². The standard InChI is InChI=1S/2C18H24O3/c2*1-4-18(11-10-13(2)19)16-9-8-15(21-3)12-14(16)6-5-7-17(18)20/h2*8-9,12H,4-7,10-11H2,1-3H3/t2*18-/m00/s1. The number of methoxy groups -OCH3 is 2. The second-order valence-corrected chi connectivity index (χ2v) is 11.9. The van der Waals surface area contributed by atoms with Crippen LogP contribution in [0, 0.1) is 0 Å². The zero-order valence-corrected chi connectivity index (χ0v) is 26.4. The van der Waals surface area contributed by atoms with Crippen LogP contribution in [-0.4, -0.2) is 37.4 Å². The van der Waals surface area contributed by atoms with Crippen LogP contribution >= 0.6 is 0 Å². The summed E-state index contributed by atoms with van der Waals surface area (Å²) < 4.78 is 10.6. The van der Waals surface area contributed by atoms with E-state index in [-0.39, 0.29) is 23.1 Å². The van der Waals surface area contributed by atoms with Crippen LogP contribution in [0.1, 0.15) is 114 Å². The maximum absolute atomic E-state index is 12.8. The van der Waals surface area contributed by atoms with Crippen molar-refractivity contribution in [1.82, 2.24) is 0 Å². The molecular formula is C36H48O6. The van der Waals surface area contributed by atoms with E-state index in [0.717, 1.165) is 61.2 Å².